The van der Waals surface area contributed by atoms with E-state index in [1.165, 1.54) is 12.1 Å². The fourth-order valence-corrected chi connectivity index (χ4v) is 2.08. The van der Waals surface area contributed by atoms with E-state index >= 15 is 0 Å². The van der Waals surface area contributed by atoms with Gasteiger partial charge in [0.05, 0.1) is 10.0 Å². The first-order valence-electron chi connectivity index (χ1n) is 5.24. The first-order valence-corrected chi connectivity index (χ1v) is 6.00. The fraction of sp³-hybridized carbons (Fsp3) is 0.0714. The molecule has 0 aliphatic carbocycles. The van der Waals surface area contributed by atoms with Gasteiger partial charge in [0.1, 0.15) is 6.61 Å². The van der Waals surface area contributed by atoms with Crippen molar-refractivity contribution in [2.24, 2.45) is 0 Å². The molecule has 0 fully saturated rings. The molecule has 1 radical (unpaired) electrons. The van der Waals surface area contributed by atoms with E-state index in [1.807, 2.05) is 30.3 Å². The monoisotopic (exact) mass is 279 g/mol. The van der Waals surface area contributed by atoms with Crippen LogP contribution in [0.5, 0.6) is 5.75 Å². The SMILES string of the molecule is O=[C]c1cc(Cl)c(OCc2ccccc2)c(Cl)c1. The molecule has 0 atom stereocenters. The molecule has 0 amide bonds. The van der Waals surface area contributed by atoms with Gasteiger partial charge in [-0.05, 0) is 17.7 Å². The predicted molar refractivity (Wildman–Crippen MR) is 72.0 cm³/mol. The van der Waals surface area contributed by atoms with Crippen LogP contribution in [0.2, 0.25) is 10.0 Å². The third-order valence-corrected chi connectivity index (χ3v) is 2.90. The Morgan fingerprint density at radius 1 is 1.06 bits per heavy atom. The molecular weight excluding hydrogens is 271 g/mol. The van der Waals surface area contributed by atoms with Crippen LogP contribution in [0.1, 0.15) is 11.1 Å². The quantitative estimate of drug-likeness (QED) is 0.845. The summed E-state index contributed by atoms with van der Waals surface area (Å²) in [6.45, 7) is 0.366. The van der Waals surface area contributed by atoms with Crippen molar-refractivity contribution >= 4 is 29.5 Å². The molecule has 18 heavy (non-hydrogen) atoms. The lowest BCUT2D eigenvalue weighted by molar-refractivity contribution is 0.306. The summed E-state index contributed by atoms with van der Waals surface area (Å²) in [7, 11) is 0. The molecule has 0 N–H and O–H groups in total. The van der Waals surface area contributed by atoms with Gasteiger partial charge < -0.3 is 4.74 Å². The normalized spacial score (nSPS) is 10.1. The molecule has 0 bridgehead atoms. The second kappa shape index (κ2) is 5.89. The maximum Gasteiger partial charge on any atom is 0.233 e. The Balaban J connectivity index is 2.17. The van der Waals surface area contributed by atoms with Gasteiger partial charge in [0.2, 0.25) is 6.29 Å². The number of carbonyl (C=O) groups excluding carboxylic acids is 1. The molecule has 2 aromatic rings. The maximum atomic E-state index is 10.5. The van der Waals surface area contributed by atoms with E-state index in [-0.39, 0.29) is 0 Å². The van der Waals surface area contributed by atoms with Gasteiger partial charge >= 0.3 is 0 Å². The van der Waals surface area contributed by atoms with Crippen LogP contribution in [0.25, 0.3) is 0 Å². The Morgan fingerprint density at radius 2 is 1.67 bits per heavy atom. The van der Waals surface area contributed by atoms with Crippen LogP contribution in [0.15, 0.2) is 42.5 Å². The molecule has 4 heteroatoms. The standard InChI is InChI=1S/C14H9Cl2O2/c15-12-6-11(8-17)7-13(16)14(12)18-9-10-4-2-1-3-5-10/h1-7H,9H2. The first-order chi connectivity index (χ1) is 8.70. The summed E-state index contributed by atoms with van der Waals surface area (Å²) in [5.41, 5.74) is 1.31. The lowest BCUT2D eigenvalue weighted by atomic mass is 10.2. The Labute approximate surface area is 115 Å². The molecule has 0 aliphatic heterocycles. The molecule has 2 aromatic carbocycles. The molecular formula is C14H9Cl2O2. The second-order valence-corrected chi connectivity index (χ2v) is 4.46. The highest BCUT2D eigenvalue weighted by molar-refractivity contribution is 6.37. The minimum atomic E-state index is 0.303. The van der Waals surface area contributed by atoms with Gasteiger partial charge in [-0.2, -0.15) is 0 Å². The molecule has 0 unspecified atom stereocenters. The number of ether oxygens (including phenoxy) is 1. The van der Waals surface area contributed by atoms with Crippen molar-refractivity contribution in [1.29, 1.82) is 0 Å². The van der Waals surface area contributed by atoms with Gasteiger partial charge in [-0.3, -0.25) is 4.79 Å². The summed E-state index contributed by atoms with van der Waals surface area (Å²) in [5, 5.41) is 0.605. The van der Waals surface area contributed by atoms with Gasteiger partial charge in [-0.25, -0.2) is 0 Å². The molecule has 0 aromatic heterocycles. The van der Waals surface area contributed by atoms with Crippen molar-refractivity contribution in [1.82, 2.24) is 0 Å². The Kier molecular flexibility index (Phi) is 4.24. The number of benzene rings is 2. The van der Waals surface area contributed by atoms with E-state index in [9.17, 15) is 4.79 Å². The predicted octanol–water partition coefficient (Wildman–Crippen LogP) is 4.03. The number of hydrogen-bond donors (Lipinski definition) is 0. The van der Waals surface area contributed by atoms with Crippen LogP contribution >= 0.6 is 23.2 Å². The van der Waals surface area contributed by atoms with Crippen LogP contribution < -0.4 is 4.74 Å². The lowest BCUT2D eigenvalue weighted by Crippen LogP contribution is -1.97. The molecule has 0 saturated carbocycles. The van der Waals surface area contributed by atoms with Crippen molar-refractivity contribution in [2.75, 3.05) is 0 Å². The van der Waals surface area contributed by atoms with E-state index in [0.717, 1.165) is 5.56 Å². The van der Waals surface area contributed by atoms with E-state index in [0.29, 0.717) is 28.0 Å². The van der Waals surface area contributed by atoms with Gasteiger partial charge in [0, 0.05) is 5.56 Å². The molecule has 0 aliphatic rings. The molecule has 2 nitrogen and oxygen atoms in total. The minimum Gasteiger partial charge on any atom is -0.486 e. The van der Waals surface area contributed by atoms with Crippen LogP contribution in [-0.4, -0.2) is 6.29 Å². The average Bonchev–Trinajstić information content (AvgIpc) is 2.38. The largest absolute Gasteiger partial charge is 0.486 e. The van der Waals surface area contributed by atoms with Crippen molar-refractivity contribution in [3.63, 3.8) is 0 Å². The summed E-state index contributed by atoms with van der Waals surface area (Å²) in [6.07, 6.45) is 1.74. The smallest absolute Gasteiger partial charge is 0.233 e. The Hall–Kier alpha value is -1.51. The summed E-state index contributed by atoms with van der Waals surface area (Å²) >= 11 is 12.0. The average molecular weight is 280 g/mol. The van der Waals surface area contributed by atoms with E-state index < -0.39 is 0 Å². The summed E-state index contributed by atoms with van der Waals surface area (Å²) in [5.74, 6) is 0.376. The van der Waals surface area contributed by atoms with E-state index in [1.54, 1.807) is 6.29 Å². The lowest BCUT2D eigenvalue weighted by Gasteiger charge is -2.10. The van der Waals surface area contributed by atoms with E-state index in [4.69, 9.17) is 27.9 Å². The van der Waals surface area contributed by atoms with Gasteiger partial charge in [0.25, 0.3) is 0 Å². The molecule has 2 rings (SSSR count). The maximum absolute atomic E-state index is 10.5. The van der Waals surface area contributed by atoms with Crippen molar-refractivity contribution < 1.29 is 9.53 Å². The first kappa shape index (κ1) is 12.9. The summed E-state index contributed by atoms with van der Waals surface area (Å²) in [4.78, 5) is 10.5. The minimum absolute atomic E-state index is 0.303. The van der Waals surface area contributed by atoms with Crippen molar-refractivity contribution in [2.45, 2.75) is 6.61 Å². The Bertz CT molecular complexity index is 530. The zero-order valence-electron chi connectivity index (χ0n) is 9.32. The van der Waals surface area contributed by atoms with Crippen LogP contribution in [0.3, 0.4) is 0 Å². The highest BCUT2D eigenvalue weighted by Gasteiger charge is 2.10. The van der Waals surface area contributed by atoms with E-state index in [2.05, 4.69) is 0 Å². The van der Waals surface area contributed by atoms with Crippen molar-refractivity contribution in [3.8, 4) is 5.75 Å². The third kappa shape index (κ3) is 3.03. The van der Waals surface area contributed by atoms with Crippen LogP contribution in [0.4, 0.5) is 0 Å². The van der Waals surface area contributed by atoms with Crippen LogP contribution in [0, 0.1) is 0 Å². The third-order valence-electron chi connectivity index (χ3n) is 2.34. The topological polar surface area (TPSA) is 26.3 Å². The highest BCUT2D eigenvalue weighted by atomic mass is 35.5. The fourth-order valence-electron chi connectivity index (χ4n) is 1.49. The van der Waals surface area contributed by atoms with Crippen LogP contribution in [-0.2, 0) is 11.4 Å². The molecule has 0 spiro atoms. The highest BCUT2D eigenvalue weighted by Crippen LogP contribution is 2.34. The summed E-state index contributed by atoms with van der Waals surface area (Å²) < 4.78 is 5.56. The van der Waals surface area contributed by atoms with Crippen molar-refractivity contribution in [3.05, 3.63) is 63.6 Å². The number of rotatable bonds is 4. The zero-order chi connectivity index (χ0) is 13.0. The van der Waals surface area contributed by atoms with Gasteiger partial charge in [0.15, 0.2) is 5.75 Å². The molecule has 0 heterocycles. The molecule has 91 valence electrons. The number of hydrogen-bond acceptors (Lipinski definition) is 2. The molecule has 0 saturated heterocycles. The number of halogens is 2. The second-order valence-electron chi connectivity index (χ2n) is 3.65. The summed E-state index contributed by atoms with van der Waals surface area (Å²) in [6, 6.07) is 12.6. The van der Waals surface area contributed by atoms with Gasteiger partial charge in [-0.1, -0.05) is 53.5 Å². The zero-order valence-corrected chi connectivity index (χ0v) is 10.8. The van der Waals surface area contributed by atoms with Gasteiger partial charge in [-0.15, -0.1) is 0 Å². The Morgan fingerprint density at radius 3 is 2.22 bits per heavy atom.